The van der Waals surface area contributed by atoms with Crippen LogP contribution in [0.2, 0.25) is 0 Å². The molecule has 1 aliphatic heterocycles. The molecule has 7 nitrogen and oxygen atoms in total. The molecule has 2 aromatic carbocycles. The second-order valence-corrected chi connectivity index (χ2v) is 10.6. The van der Waals surface area contributed by atoms with Crippen molar-refractivity contribution >= 4 is 16.1 Å². The van der Waals surface area contributed by atoms with Gasteiger partial charge in [-0.2, -0.15) is 4.31 Å². The van der Waals surface area contributed by atoms with Gasteiger partial charge in [0.15, 0.2) is 0 Å². The first-order valence-corrected chi connectivity index (χ1v) is 12.8. The number of hydrogen-bond acceptors (Lipinski definition) is 4. The number of halogens is 2. The largest absolute Gasteiger partial charge is 0.491 e. The third-order valence-corrected chi connectivity index (χ3v) is 7.48. The number of sulfonamides is 1. The van der Waals surface area contributed by atoms with E-state index in [1.165, 1.54) is 4.90 Å². The van der Waals surface area contributed by atoms with Crippen molar-refractivity contribution in [3.8, 4) is 5.75 Å². The summed E-state index contributed by atoms with van der Waals surface area (Å²) in [6.07, 6.45) is 1.64. The minimum atomic E-state index is -4.19. The molecule has 1 N–H and O–H groups in total. The van der Waals surface area contributed by atoms with Gasteiger partial charge >= 0.3 is 6.03 Å². The van der Waals surface area contributed by atoms with Gasteiger partial charge in [-0.15, -0.1) is 0 Å². The van der Waals surface area contributed by atoms with Crippen LogP contribution in [-0.4, -0.2) is 62.0 Å². The van der Waals surface area contributed by atoms with Gasteiger partial charge in [0.25, 0.3) is 0 Å². The quantitative estimate of drug-likeness (QED) is 0.605. The van der Waals surface area contributed by atoms with E-state index in [-0.39, 0.29) is 44.4 Å². The number of hydrogen-bond donors (Lipinski definition) is 1. The van der Waals surface area contributed by atoms with Gasteiger partial charge in [-0.25, -0.2) is 22.0 Å². The zero-order chi connectivity index (χ0) is 24.9. The van der Waals surface area contributed by atoms with Crippen molar-refractivity contribution in [3.05, 3.63) is 59.7 Å². The van der Waals surface area contributed by atoms with Crippen molar-refractivity contribution in [1.29, 1.82) is 0 Å². The number of nitrogens with zero attached hydrogens (tertiary/aromatic N) is 2. The van der Waals surface area contributed by atoms with E-state index < -0.39 is 26.6 Å². The first kappa shape index (κ1) is 25.9. The van der Waals surface area contributed by atoms with Gasteiger partial charge < -0.3 is 15.0 Å². The Labute approximate surface area is 199 Å². The third-order valence-electron chi connectivity index (χ3n) is 5.57. The fourth-order valence-electron chi connectivity index (χ4n) is 3.71. The van der Waals surface area contributed by atoms with E-state index in [1.807, 2.05) is 45.0 Å². The Morgan fingerprint density at radius 2 is 1.68 bits per heavy atom. The molecule has 186 valence electrons. The predicted molar refractivity (Wildman–Crippen MR) is 125 cm³/mol. The van der Waals surface area contributed by atoms with Crippen LogP contribution in [0.3, 0.4) is 0 Å². The highest BCUT2D eigenvalue weighted by atomic mass is 32.2. The van der Waals surface area contributed by atoms with Crippen LogP contribution in [0.5, 0.6) is 5.75 Å². The summed E-state index contributed by atoms with van der Waals surface area (Å²) in [6, 6.07) is 9.86. The SMILES string of the molecule is CC(CCc1ccc(OC(C)C)cc1)NC(=O)N1CCN(S(=O)(=O)c2cc(F)ccc2F)CC1. The molecule has 1 heterocycles. The molecule has 1 aliphatic rings. The number of nitrogens with one attached hydrogen (secondary N) is 1. The van der Waals surface area contributed by atoms with Crippen LogP contribution in [0, 0.1) is 11.6 Å². The lowest BCUT2D eigenvalue weighted by Crippen LogP contribution is -2.54. The zero-order valence-corrected chi connectivity index (χ0v) is 20.4. The lowest BCUT2D eigenvalue weighted by molar-refractivity contribution is 0.169. The number of carbonyl (C=O) groups is 1. The molecule has 10 heteroatoms. The maximum absolute atomic E-state index is 14.0. The maximum Gasteiger partial charge on any atom is 0.317 e. The molecule has 1 saturated heterocycles. The average molecular weight is 496 g/mol. The van der Waals surface area contributed by atoms with Gasteiger partial charge in [-0.1, -0.05) is 12.1 Å². The number of urea groups is 1. The number of amides is 2. The summed E-state index contributed by atoms with van der Waals surface area (Å²) in [5.41, 5.74) is 1.14. The van der Waals surface area contributed by atoms with Crippen LogP contribution >= 0.6 is 0 Å². The van der Waals surface area contributed by atoms with Gasteiger partial charge in [-0.05, 0) is 69.5 Å². The number of rotatable bonds is 8. The summed E-state index contributed by atoms with van der Waals surface area (Å²) in [4.78, 5) is 13.5. The lowest BCUT2D eigenvalue weighted by atomic mass is 10.1. The van der Waals surface area contributed by atoms with E-state index in [0.29, 0.717) is 6.07 Å². The molecule has 1 atom stereocenters. The molecule has 1 unspecified atom stereocenters. The smallest absolute Gasteiger partial charge is 0.317 e. The number of aryl methyl sites for hydroxylation is 1. The van der Waals surface area contributed by atoms with Gasteiger partial charge in [0, 0.05) is 32.2 Å². The average Bonchev–Trinajstić information content (AvgIpc) is 2.80. The summed E-state index contributed by atoms with van der Waals surface area (Å²) in [5, 5.41) is 2.94. The molecule has 0 radical (unpaired) electrons. The van der Waals surface area contributed by atoms with E-state index >= 15 is 0 Å². The van der Waals surface area contributed by atoms with Gasteiger partial charge in [0.2, 0.25) is 10.0 Å². The van der Waals surface area contributed by atoms with Crippen LogP contribution < -0.4 is 10.1 Å². The second kappa shape index (κ2) is 11.1. The molecule has 2 aromatic rings. The van der Waals surface area contributed by atoms with Gasteiger partial charge in [0.1, 0.15) is 22.3 Å². The molecular formula is C24H31F2N3O4S. The predicted octanol–water partition coefficient (Wildman–Crippen LogP) is 3.79. The molecule has 0 spiro atoms. The minimum Gasteiger partial charge on any atom is -0.491 e. The summed E-state index contributed by atoms with van der Waals surface area (Å²) in [5.74, 6) is -1.01. The fraction of sp³-hybridized carbons (Fsp3) is 0.458. The van der Waals surface area contributed by atoms with Crippen molar-refractivity contribution in [2.24, 2.45) is 0 Å². The number of benzene rings is 2. The Morgan fingerprint density at radius 3 is 2.29 bits per heavy atom. The summed E-state index contributed by atoms with van der Waals surface area (Å²) in [6.45, 7) is 6.19. The topological polar surface area (TPSA) is 79.0 Å². The highest BCUT2D eigenvalue weighted by Crippen LogP contribution is 2.22. The molecule has 0 bridgehead atoms. The van der Waals surface area contributed by atoms with E-state index in [0.717, 1.165) is 40.6 Å². The fourth-order valence-corrected chi connectivity index (χ4v) is 5.21. The maximum atomic E-state index is 14.0. The molecule has 0 aliphatic carbocycles. The van der Waals surface area contributed by atoms with E-state index in [1.54, 1.807) is 0 Å². The minimum absolute atomic E-state index is 0.00485. The zero-order valence-electron chi connectivity index (χ0n) is 19.6. The first-order chi connectivity index (χ1) is 16.1. The number of piperazine rings is 1. The number of ether oxygens (including phenoxy) is 1. The highest BCUT2D eigenvalue weighted by Gasteiger charge is 2.32. The van der Waals surface area contributed by atoms with Crippen LogP contribution in [0.15, 0.2) is 47.4 Å². The summed E-state index contributed by atoms with van der Waals surface area (Å²) in [7, 11) is -4.19. The second-order valence-electron chi connectivity index (χ2n) is 8.67. The van der Waals surface area contributed by atoms with Gasteiger partial charge in [-0.3, -0.25) is 0 Å². The molecule has 34 heavy (non-hydrogen) atoms. The summed E-state index contributed by atoms with van der Waals surface area (Å²) < 4.78 is 59.5. The van der Waals surface area contributed by atoms with Crippen molar-refractivity contribution in [2.45, 2.75) is 50.7 Å². The van der Waals surface area contributed by atoms with Crippen LogP contribution in [0.25, 0.3) is 0 Å². The Hall–Kier alpha value is -2.72. The lowest BCUT2D eigenvalue weighted by Gasteiger charge is -2.34. The Bertz CT molecular complexity index is 1090. The number of carbonyl (C=O) groups excluding carboxylic acids is 1. The first-order valence-electron chi connectivity index (χ1n) is 11.3. The molecule has 1 fully saturated rings. The standard InChI is InChI=1S/C24H31F2N3O4S/c1-17(2)33-21-9-6-19(7-10-21)5-4-18(3)27-24(30)28-12-14-29(15-13-28)34(31,32)23-16-20(25)8-11-22(23)26/h6-11,16-18H,4-5,12-15H2,1-3H3,(H,27,30). The Balaban J connectivity index is 1.47. The molecular weight excluding hydrogens is 464 g/mol. The van der Waals surface area contributed by atoms with E-state index in [2.05, 4.69) is 5.32 Å². The Morgan fingerprint density at radius 1 is 1.03 bits per heavy atom. The molecule has 0 aromatic heterocycles. The normalized spacial score (nSPS) is 15.9. The van der Waals surface area contributed by atoms with Gasteiger partial charge in [0.05, 0.1) is 6.10 Å². The molecule has 2 amide bonds. The summed E-state index contributed by atoms with van der Waals surface area (Å²) >= 11 is 0. The molecule has 0 saturated carbocycles. The van der Waals surface area contributed by atoms with Crippen LogP contribution in [0.1, 0.15) is 32.8 Å². The van der Waals surface area contributed by atoms with Crippen molar-refractivity contribution in [3.63, 3.8) is 0 Å². The monoisotopic (exact) mass is 495 g/mol. The van der Waals surface area contributed by atoms with E-state index in [9.17, 15) is 22.0 Å². The highest BCUT2D eigenvalue weighted by molar-refractivity contribution is 7.89. The molecule has 3 rings (SSSR count). The third kappa shape index (κ3) is 6.66. The van der Waals surface area contributed by atoms with Crippen LogP contribution in [-0.2, 0) is 16.4 Å². The van der Waals surface area contributed by atoms with Crippen molar-refractivity contribution in [2.75, 3.05) is 26.2 Å². The Kier molecular flexibility index (Phi) is 8.48. The van der Waals surface area contributed by atoms with Crippen molar-refractivity contribution < 1.29 is 26.7 Å². The van der Waals surface area contributed by atoms with E-state index in [4.69, 9.17) is 4.74 Å². The van der Waals surface area contributed by atoms with Crippen LogP contribution in [0.4, 0.5) is 13.6 Å². The van der Waals surface area contributed by atoms with Crippen molar-refractivity contribution in [1.82, 2.24) is 14.5 Å².